The number of methoxy groups -OCH3 is 1. The normalized spacial score (nSPS) is 14.2. The minimum Gasteiger partial charge on any atom is -0.497 e. The first kappa shape index (κ1) is 12.8. The molecule has 16 heavy (non-hydrogen) atoms. The molecule has 0 aromatic heterocycles. The molecule has 1 aromatic rings. The highest BCUT2D eigenvalue weighted by Crippen LogP contribution is 2.17. The van der Waals surface area contributed by atoms with Crippen molar-refractivity contribution < 1.29 is 14.6 Å². The summed E-state index contributed by atoms with van der Waals surface area (Å²) in [6.45, 7) is 4.44. The van der Waals surface area contributed by atoms with E-state index in [-0.39, 0.29) is 12.0 Å². The van der Waals surface area contributed by atoms with Gasteiger partial charge in [0.25, 0.3) is 0 Å². The number of aliphatic hydroxyl groups excluding tert-OH is 1. The van der Waals surface area contributed by atoms with E-state index < -0.39 is 0 Å². The summed E-state index contributed by atoms with van der Waals surface area (Å²) in [5, 5.41) is 9.31. The third-order valence-corrected chi connectivity index (χ3v) is 2.72. The monoisotopic (exact) mass is 224 g/mol. The Bertz CT molecular complexity index is 293. The number of hydrogen-bond acceptors (Lipinski definition) is 3. The van der Waals surface area contributed by atoms with Crippen LogP contribution in [0.4, 0.5) is 0 Å². The molecular weight excluding hydrogens is 204 g/mol. The van der Waals surface area contributed by atoms with Crippen LogP contribution in [0.15, 0.2) is 24.3 Å². The maximum absolute atomic E-state index is 9.31. The Labute approximate surface area is 97.0 Å². The molecule has 3 heteroatoms. The van der Waals surface area contributed by atoms with E-state index >= 15 is 0 Å². The standard InChI is InChI=1S/C13H20O3/c1-10(11(2)14)8-9-16-13-6-4-12(15-3)5-7-13/h4-7,10-11,14H,8-9H2,1-3H3. The van der Waals surface area contributed by atoms with E-state index in [1.807, 2.05) is 31.2 Å². The Hall–Kier alpha value is -1.22. The highest BCUT2D eigenvalue weighted by atomic mass is 16.5. The van der Waals surface area contributed by atoms with Crippen molar-refractivity contribution in [1.82, 2.24) is 0 Å². The molecule has 2 atom stereocenters. The molecule has 0 spiro atoms. The molecule has 90 valence electrons. The van der Waals surface area contributed by atoms with E-state index in [9.17, 15) is 5.11 Å². The second-order valence-electron chi connectivity index (χ2n) is 4.03. The molecule has 0 heterocycles. The van der Waals surface area contributed by atoms with Crippen LogP contribution in [0, 0.1) is 5.92 Å². The van der Waals surface area contributed by atoms with Crippen LogP contribution >= 0.6 is 0 Å². The van der Waals surface area contributed by atoms with Gasteiger partial charge in [0.15, 0.2) is 0 Å². The molecule has 0 radical (unpaired) electrons. The third-order valence-electron chi connectivity index (χ3n) is 2.72. The molecule has 1 aromatic carbocycles. The molecule has 1 rings (SSSR count). The number of ether oxygens (including phenoxy) is 2. The zero-order chi connectivity index (χ0) is 12.0. The fourth-order valence-corrected chi connectivity index (χ4v) is 1.28. The van der Waals surface area contributed by atoms with E-state index in [1.165, 1.54) is 0 Å². The Morgan fingerprint density at radius 3 is 2.19 bits per heavy atom. The summed E-state index contributed by atoms with van der Waals surface area (Å²) in [5.74, 6) is 1.92. The smallest absolute Gasteiger partial charge is 0.119 e. The number of aliphatic hydroxyl groups is 1. The van der Waals surface area contributed by atoms with Gasteiger partial charge in [-0.2, -0.15) is 0 Å². The number of benzene rings is 1. The van der Waals surface area contributed by atoms with Gasteiger partial charge in [0.2, 0.25) is 0 Å². The lowest BCUT2D eigenvalue weighted by Crippen LogP contribution is -2.15. The van der Waals surface area contributed by atoms with E-state index in [4.69, 9.17) is 9.47 Å². The van der Waals surface area contributed by atoms with Gasteiger partial charge in [-0.05, 0) is 43.5 Å². The van der Waals surface area contributed by atoms with Crippen molar-refractivity contribution in [3.8, 4) is 11.5 Å². The van der Waals surface area contributed by atoms with E-state index in [1.54, 1.807) is 14.0 Å². The van der Waals surface area contributed by atoms with Crippen LogP contribution in [0.25, 0.3) is 0 Å². The molecule has 0 aliphatic heterocycles. The van der Waals surface area contributed by atoms with E-state index in [0.29, 0.717) is 6.61 Å². The Kier molecular flexibility index (Phi) is 5.12. The first-order chi connectivity index (χ1) is 7.63. The van der Waals surface area contributed by atoms with Gasteiger partial charge in [0, 0.05) is 0 Å². The van der Waals surface area contributed by atoms with Gasteiger partial charge in [0.05, 0.1) is 19.8 Å². The lowest BCUT2D eigenvalue weighted by Gasteiger charge is -2.14. The van der Waals surface area contributed by atoms with Crippen molar-refractivity contribution in [3.63, 3.8) is 0 Å². The van der Waals surface area contributed by atoms with Gasteiger partial charge in [0.1, 0.15) is 11.5 Å². The first-order valence-electron chi connectivity index (χ1n) is 5.58. The summed E-state index contributed by atoms with van der Waals surface area (Å²) < 4.78 is 10.6. The molecular formula is C13H20O3. The van der Waals surface area contributed by atoms with Crippen LogP contribution in [-0.4, -0.2) is 24.9 Å². The van der Waals surface area contributed by atoms with Gasteiger partial charge in [-0.3, -0.25) is 0 Å². The molecule has 0 aliphatic rings. The fourth-order valence-electron chi connectivity index (χ4n) is 1.28. The largest absolute Gasteiger partial charge is 0.497 e. The summed E-state index contributed by atoms with van der Waals surface area (Å²) in [4.78, 5) is 0. The Morgan fingerprint density at radius 1 is 1.12 bits per heavy atom. The number of hydrogen-bond donors (Lipinski definition) is 1. The third kappa shape index (κ3) is 4.11. The van der Waals surface area contributed by atoms with Crippen LogP contribution in [0.5, 0.6) is 11.5 Å². The van der Waals surface area contributed by atoms with Crippen LogP contribution in [-0.2, 0) is 0 Å². The summed E-state index contributed by atoms with van der Waals surface area (Å²) in [5.41, 5.74) is 0. The molecule has 0 aliphatic carbocycles. The summed E-state index contributed by atoms with van der Waals surface area (Å²) in [7, 11) is 1.64. The molecule has 0 saturated heterocycles. The molecule has 0 saturated carbocycles. The average Bonchev–Trinajstić information content (AvgIpc) is 2.29. The van der Waals surface area contributed by atoms with E-state index in [0.717, 1.165) is 17.9 Å². The topological polar surface area (TPSA) is 38.7 Å². The minimum atomic E-state index is -0.278. The molecule has 1 N–H and O–H groups in total. The van der Waals surface area contributed by atoms with Crippen LogP contribution in [0.3, 0.4) is 0 Å². The van der Waals surface area contributed by atoms with Gasteiger partial charge in [-0.1, -0.05) is 6.92 Å². The quantitative estimate of drug-likeness (QED) is 0.806. The summed E-state index contributed by atoms with van der Waals surface area (Å²) in [6.07, 6.45) is 0.573. The number of rotatable bonds is 6. The van der Waals surface area contributed by atoms with Crippen molar-refractivity contribution in [1.29, 1.82) is 0 Å². The molecule has 2 unspecified atom stereocenters. The highest BCUT2D eigenvalue weighted by Gasteiger charge is 2.08. The predicted molar refractivity (Wildman–Crippen MR) is 64.0 cm³/mol. The zero-order valence-electron chi connectivity index (χ0n) is 10.1. The molecule has 0 fully saturated rings. The highest BCUT2D eigenvalue weighted by molar-refractivity contribution is 5.31. The minimum absolute atomic E-state index is 0.262. The van der Waals surface area contributed by atoms with Crippen molar-refractivity contribution in [2.24, 2.45) is 5.92 Å². The fraction of sp³-hybridized carbons (Fsp3) is 0.538. The maximum atomic E-state index is 9.31. The zero-order valence-corrected chi connectivity index (χ0v) is 10.1. The first-order valence-corrected chi connectivity index (χ1v) is 5.58. The second kappa shape index (κ2) is 6.38. The van der Waals surface area contributed by atoms with Crippen LogP contribution in [0.2, 0.25) is 0 Å². The molecule has 0 bridgehead atoms. The van der Waals surface area contributed by atoms with Gasteiger partial charge in [-0.25, -0.2) is 0 Å². The van der Waals surface area contributed by atoms with Gasteiger partial charge in [-0.15, -0.1) is 0 Å². The maximum Gasteiger partial charge on any atom is 0.119 e. The van der Waals surface area contributed by atoms with Crippen molar-refractivity contribution in [2.45, 2.75) is 26.4 Å². The molecule has 3 nitrogen and oxygen atoms in total. The van der Waals surface area contributed by atoms with Crippen LogP contribution < -0.4 is 9.47 Å². The Morgan fingerprint density at radius 2 is 1.69 bits per heavy atom. The van der Waals surface area contributed by atoms with Crippen molar-refractivity contribution >= 4 is 0 Å². The predicted octanol–water partition coefficient (Wildman–Crippen LogP) is 2.48. The average molecular weight is 224 g/mol. The lowest BCUT2D eigenvalue weighted by atomic mass is 10.0. The lowest BCUT2D eigenvalue weighted by molar-refractivity contribution is 0.118. The van der Waals surface area contributed by atoms with Gasteiger partial charge < -0.3 is 14.6 Å². The molecule has 0 amide bonds. The van der Waals surface area contributed by atoms with E-state index in [2.05, 4.69) is 0 Å². The second-order valence-corrected chi connectivity index (χ2v) is 4.03. The summed E-state index contributed by atoms with van der Waals surface area (Å²) >= 11 is 0. The van der Waals surface area contributed by atoms with Gasteiger partial charge >= 0.3 is 0 Å². The van der Waals surface area contributed by atoms with Crippen LogP contribution in [0.1, 0.15) is 20.3 Å². The SMILES string of the molecule is COc1ccc(OCCC(C)C(C)O)cc1. The van der Waals surface area contributed by atoms with Crippen molar-refractivity contribution in [2.75, 3.05) is 13.7 Å². The Balaban J connectivity index is 2.31. The van der Waals surface area contributed by atoms with Crippen molar-refractivity contribution in [3.05, 3.63) is 24.3 Å². The summed E-state index contributed by atoms with van der Waals surface area (Å²) in [6, 6.07) is 7.50.